The van der Waals surface area contributed by atoms with Crippen LogP contribution in [0.25, 0.3) is 5.57 Å². The summed E-state index contributed by atoms with van der Waals surface area (Å²) in [6, 6.07) is 15.8. The zero-order valence-corrected chi connectivity index (χ0v) is 11.0. The van der Waals surface area contributed by atoms with Crippen molar-refractivity contribution in [2.24, 2.45) is 10.7 Å². The van der Waals surface area contributed by atoms with Gasteiger partial charge in [0.25, 0.3) is 0 Å². The predicted molar refractivity (Wildman–Crippen MR) is 79.7 cm³/mol. The summed E-state index contributed by atoms with van der Waals surface area (Å²) in [7, 11) is 0. The molecule has 0 radical (unpaired) electrons. The van der Waals surface area contributed by atoms with Gasteiger partial charge in [0.1, 0.15) is 0 Å². The van der Waals surface area contributed by atoms with E-state index in [-0.39, 0.29) is 0 Å². The average molecular weight is 251 g/mol. The summed E-state index contributed by atoms with van der Waals surface area (Å²) in [5, 5.41) is 0. The fourth-order valence-electron chi connectivity index (χ4n) is 1.74. The summed E-state index contributed by atoms with van der Waals surface area (Å²) in [4.78, 5) is 8.65. The topological polar surface area (TPSA) is 51.3 Å². The van der Waals surface area contributed by atoms with Crippen molar-refractivity contribution in [2.45, 2.75) is 13.5 Å². The van der Waals surface area contributed by atoms with Gasteiger partial charge in [0.2, 0.25) is 0 Å². The van der Waals surface area contributed by atoms with Crippen LogP contribution in [0.1, 0.15) is 18.2 Å². The Balaban J connectivity index is 2.13. The Labute approximate surface area is 113 Å². The van der Waals surface area contributed by atoms with Gasteiger partial charge < -0.3 is 5.73 Å². The summed E-state index contributed by atoms with van der Waals surface area (Å²) in [5.74, 6) is 0. The summed E-state index contributed by atoms with van der Waals surface area (Å²) in [6.45, 7) is 2.44. The molecule has 0 aliphatic heterocycles. The molecule has 96 valence electrons. The van der Waals surface area contributed by atoms with Crippen molar-refractivity contribution < 1.29 is 0 Å². The Kier molecular flexibility index (Phi) is 4.45. The first-order chi connectivity index (χ1) is 9.27. The summed E-state index contributed by atoms with van der Waals surface area (Å²) in [5.41, 5.74) is 9.66. The van der Waals surface area contributed by atoms with Gasteiger partial charge in [-0.2, -0.15) is 0 Å². The lowest BCUT2D eigenvalue weighted by molar-refractivity contribution is 0.996. The molecule has 0 aliphatic rings. The molecule has 2 N–H and O–H groups in total. The van der Waals surface area contributed by atoms with E-state index in [1.54, 1.807) is 6.20 Å². The monoisotopic (exact) mass is 251 g/mol. The van der Waals surface area contributed by atoms with Crippen LogP contribution in [0, 0.1) is 0 Å². The highest BCUT2D eigenvalue weighted by molar-refractivity contribution is 6.10. The number of benzene rings is 1. The summed E-state index contributed by atoms with van der Waals surface area (Å²) < 4.78 is 0. The SMILES string of the molecule is C/C(N)=C(/C=NCc1ccccn1)c1ccccc1. The van der Waals surface area contributed by atoms with Crippen LogP contribution < -0.4 is 5.73 Å². The predicted octanol–water partition coefficient (Wildman–Crippen LogP) is 3.04. The molecule has 1 aromatic carbocycles. The van der Waals surface area contributed by atoms with Crippen molar-refractivity contribution in [1.29, 1.82) is 0 Å². The largest absolute Gasteiger partial charge is 0.402 e. The third-order valence-electron chi connectivity index (χ3n) is 2.71. The minimum atomic E-state index is 0.560. The first-order valence-corrected chi connectivity index (χ1v) is 6.19. The fraction of sp³-hybridized carbons (Fsp3) is 0.125. The minimum Gasteiger partial charge on any atom is -0.402 e. The number of allylic oxidation sites excluding steroid dienone is 2. The molecule has 0 unspecified atom stereocenters. The van der Waals surface area contributed by atoms with Crippen LogP contribution in [0.5, 0.6) is 0 Å². The number of aliphatic imine (C=N–C) groups is 1. The van der Waals surface area contributed by atoms with E-state index in [0.717, 1.165) is 22.5 Å². The second kappa shape index (κ2) is 6.50. The Morgan fingerprint density at radius 3 is 2.53 bits per heavy atom. The number of hydrogen-bond acceptors (Lipinski definition) is 3. The quantitative estimate of drug-likeness (QED) is 0.849. The van der Waals surface area contributed by atoms with E-state index in [0.29, 0.717) is 6.54 Å². The standard InChI is InChI=1S/C16H17N3/c1-13(17)16(14-7-3-2-4-8-14)12-18-11-15-9-5-6-10-19-15/h2-10,12H,11,17H2,1H3/b16-13+,18-12?. The van der Waals surface area contributed by atoms with Gasteiger partial charge in [-0.25, -0.2) is 0 Å². The van der Waals surface area contributed by atoms with Crippen molar-refractivity contribution in [3.8, 4) is 0 Å². The van der Waals surface area contributed by atoms with E-state index < -0.39 is 0 Å². The molecule has 19 heavy (non-hydrogen) atoms. The summed E-state index contributed by atoms with van der Waals surface area (Å²) >= 11 is 0. The molecule has 0 spiro atoms. The molecular formula is C16H17N3. The molecule has 0 aliphatic carbocycles. The van der Waals surface area contributed by atoms with Crippen molar-refractivity contribution in [2.75, 3.05) is 0 Å². The molecule has 1 aromatic heterocycles. The maximum atomic E-state index is 5.92. The van der Waals surface area contributed by atoms with Crippen LogP contribution in [0.4, 0.5) is 0 Å². The number of aromatic nitrogens is 1. The molecule has 0 atom stereocenters. The normalized spacial score (nSPS) is 12.5. The zero-order chi connectivity index (χ0) is 13.5. The second-order valence-electron chi connectivity index (χ2n) is 4.25. The molecule has 3 nitrogen and oxygen atoms in total. The lowest BCUT2D eigenvalue weighted by atomic mass is 10.1. The van der Waals surface area contributed by atoms with Crippen molar-refractivity contribution in [1.82, 2.24) is 4.98 Å². The molecule has 0 saturated heterocycles. The number of hydrogen-bond donors (Lipinski definition) is 1. The molecule has 1 heterocycles. The minimum absolute atomic E-state index is 0.560. The highest BCUT2D eigenvalue weighted by atomic mass is 14.8. The molecule has 0 saturated carbocycles. The first kappa shape index (κ1) is 13.0. The molecular weight excluding hydrogens is 234 g/mol. The number of pyridine rings is 1. The average Bonchev–Trinajstić information content (AvgIpc) is 2.45. The van der Waals surface area contributed by atoms with E-state index in [1.807, 2.05) is 61.7 Å². The molecule has 0 amide bonds. The Morgan fingerprint density at radius 2 is 1.89 bits per heavy atom. The van der Waals surface area contributed by atoms with Crippen molar-refractivity contribution >= 4 is 11.8 Å². The second-order valence-corrected chi connectivity index (χ2v) is 4.25. The molecule has 0 bridgehead atoms. The van der Waals surface area contributed by atoms with Gasteiger partial charge in [0.05, 0.1) is 12.2 Å². The van der Waals surface area contributed by atoms with E-state index >= 15 is 0 Å². The van der Waals surface area contributed by atoms with Crippen LogP contribution in [-0.4, -0.2) is 11.2 Å². The summed E-state index contributed by atoms with van der Waals surface area (Å²) in [6.07, 6.45) is 3.59. The Bertz CT molecular complexity index is 567. The van der Waals surface area contributed by atoms with Gasteiger partial charge in [-0.05, 0) is 24.6 Å². The fourth-order valence-corrected chi connectivity index (χ4v) is 1.74. The third-order valence-corrected chi connectivity index (χ3v) is 2.71. The number of nitrogens with two attached hydrogens (primary N) is 1. The number of nitrogens with zero attached hydrogens (tertiary/aromatic N) is 2. The van der Waals surface area contributed by atoms with E-state index in [2.05, 4.69) is 9.98 Å². The highest BCUT2D eigenvalue weighted by Gasteiger charge is 2.00. The third kappa shape index (κ3) is 3.78. The van der Waals surface area contributed by atoms with E-state index in [4.69, 9.17) is 5.73 Å². The lowest BCUT2D eigenvalue weighted by Crippen LogP contribution is -1.99. The van der Waals surface area contributed by atoms with E-state index in [9.17, 15) is 0 Å². The highest BCUT2D eigenvalue weighted by Crippen LogP contribution is 2.14. The smallest absolute Gasteiger partial charge is 0.0811 e. The Hall–Kier alpha value is -2.42. The van der Waals surface area contributed by atoms with Crippen LogP contribution in [0.2, 0.25) is 0 Å². The van der Waals surface area contributed by atoms with Crippen molar-refractivity contribution in [3.05, 3.63) is 71.7 Å². The number of rotatable bonds is 4. The van der Waals surface area contributed by atoms with Gasteiger partial charge in [-0.1, -0.05) is 36.4 Å². The van der Waals surface area contributed by atoms with Gasteiger partial charge >= 0.3 is 0 Å². The van der Waals surface area contributed by atoms with Gasteiger partial charge in [0.15, 0.2) is 0 Å². The molecule has 2 rings (SSSR count). The molecule has 3 heteroatoms. The maximum absolute atomic E-state index is 5.92. The first-order valence-electron chi connectivity index (χ1n) is 6.19. The van der Waals surface area contributed by atoms with Crippen LogP contribution in [0.3, 0.4) is 0 Å². The van der Waals surface area contributed by atoms with Crippen LogP contribution >= 0.6 is 0 Å². The maximum Gasteiger partial charge on any atom is 0.0811 e. The van der Waals surface area contributed by atoms with Crippen molar-refractivity contribution in [3.63, 3.8) is 0 Å². The lowest BCUT2D eigenvalue weighted by Gasteiger charge is -2.04. The zero-order valence-electron chi connectivity index (χ0n) is 11.0. The van der Waals surface area contributed by atoms with E-state index in [1.165, 1.54) is 0 Å². The van der Waals surface area contributed by atoms with Gasteiger partial charge in [-0.3, -0.25) is 9.98 Å². The molecule has 2 aromatic rings. The van der Waals surface area contributed by atoms with Crippen LogP contribution in [-0.2, 0) is 6.54 Å². The van der Waals surface area contributed by atoms with Gasteiger partial charge in [0, 0.05) is 23.7 Å². The van der Waals surface area contributed by atoms with Crippen LogP contribution in [0.15, 0.2) is 65.4 Å². The Morgan fingerprint density at radius 1 is 1.16 bits per heavy atom. The van der Waals surface area contributed by atoms with Gasteiger partial charge in [-0.15, -0.1) is 0 Å². The molecule has 0 fully saturated rings.